The predicted molar refractivity (Wildman–Crippen MR) is 69.5 cm³/mol. The van der Waals surface area contributed by atoms with Crippen LogP contribution in [0.2, 0.25) is 5.02 Å². The molecule has 0 aliphatic carbocycles. The molecule has 0 bridgehead atoms. The van der Waals surface area contributed by atoms with Gasteiger partial charge in [-0.2, -0.15) is 5.10 Å². The maximum Gasteiger partial charge on any atom is 0.165 e. The summed E-state index contributed by atoms with van der Waals surface area (Å²) in [7, 11) is 0. The van der Waals surface area contributed by atoms with Crippen LogP contribution in [-0.4, -0.2) is 16.1 Å². The average molecular weight is 265 g/mol. The molecule has 0 atom stereocenters. The number of hydrogen-bond acceptors (Lipinski definition) is 3. The second-order valence-electron chi connectivity index (χ2n) is 4.16. The van der Waals surface area contributed by atoms with Crippen LogP contribution in [0.1, 0.15) is 30.2 Å². The zero-order valence-corrected chi connectivity index (χ0v) is 10.9. The molecule has 0 amide bonds. The molecule has 1 aromatic carbocycles. The third-order valence-electron chi connectivity index (χ3n) is 2.43. The number of ether oxygens (including phenoxy) is 1. The van der Waals surface area contributed by atoms with Gasteiger partial charge in [-0.15, -0.1) is 0 Å². The quantitative estimate of drug-likeness (QED) is 0.791. The highest BCUT2D eigenvalue weighted by Gasteiger charge is 2.07. The molecule has 18 heavy (non-hydrogen) atoms. The van der Waals surface area contributed by atoms with Gasteiger partial charge in [-0.3, -0.25) is 9.48 Å². The Morgan fingerprint density at radius 3 is 2.78 bits per heavy atom. The third kappa shape index (κ3) is 2.71. The van der Waals surface area contributed by atoms with Gasteiger partial charge in [0, 0.05) is 11.6 Å². The van der Waals surface area contributed by atoms with Crippen LogP contribution in [0.15, 0.2) is 30.6 Å². The largest absolute Gasteiger partial charge is 0.452 e. The molecule has 0 fully saturated rings. The minimum Gasteiger partial charge on any atom is -0.452 e. The van der Waals surface area contributed by atoms with Crippen LogP contribution in [0.4, 0.5) is 0 Å². The van der Waals surface area contributed by atoms with Gasteiger partial charge in [0.05, 0.1) is 17.4 Å². The fourth-order valence-electron chi connectivity index (χ4n) is 1.46. The number of rotatable bonds is 4. The zero-order chi connectivity index (χ0) is 13.1. The van der Waals surface area contributed by atoms with E-state index in [0.717, 1.165) is 6.29 Å². The molecule has 0 aliphatic heterocycles. The summed E-state index contributed by atoms with van der Waals surface area (Å²) in [6, 6.07) is 5.16. The van der Waals surface area contributed by atoms with Crippen LogP contribution >= 0.6 is 11.6 Å². The SMILES string of the molecule is CC(C)n1cc(Oc2ccc(C=O)cc2Cl)cn1. The lowest BCUT2D eigenvalue weighted by Crippen LogP contribution is -1.99. The molecule has 0 radical (unpaired) electrons. The first-order chi connectivity index (χ1) is 8.60. The molecular weight excluding hydrogens is 252 g/mol. The topological polar surface area (TPSA) is 44.1 Å². The smallest absolute Gasteiger partial charge is 0.165 e. The summed E-state index contributed by atoms with van der Waals surface area (Å²) < 4.78 is 7.40. The molecule has 2 aromatic rings. The number of halogens is 1. The highest BCUT2D eigenvalue weighted by Crippen LogP contribution is 2.29. The lowest BCUT2D eigenvalue weighted by atomic mass is 10.2. The average Bonchev–Trinajstić information content (AvgIpc) is 2.80. The Kier molecular flexibility index (Phi) is 3.67. The van der Waals surface area contributed by atoms with Crippen LogP contribution < -0.4 is 4.74 Å². The van der Waals surface area contributed by atoms with Gasteiger partial charge >= 0.3 is 0 Å². The highest BCUT2D eigenvalue weighted by molar-refractivity contribution is 6.32. The van der Waals surface area contributed by atoms with Crippen molar-refractivity contribution in [2.45, 2.75) is 19.9 Å². The molecule has 5 heteroatoms. The number of nitrogens with zero attached hydrogens (tertiary/aromatic N) is 2. The first-order valence-corrected chi connectivity index (χ1v) is 5.94. The maximum absolute atomic E-state index is 10.6. The first kappa shape index (κ1) is 12.6. The van der Waals surface area contributed by atoms with Crippen LogP contribution in [0.5, 0.6) is 11.5 Å². The second kappa shape index (κ2) is 5.23. The van der Waals surface area contributed by atoms with E-state index >= 15 is 0 Å². The Bertz CT molecular complexity index is 564. The van der Waals surface area contributed by atoms with E-state index < -0.39 is 0 Å². The van der Waals surface area contributed by atoms with Crippen LogP contribution in [-0.2, 0) is 0 Å². The summed E-state index contributed by atoms with van der Waals surface area (Å²) in [6.45, 7) is 4.06. The third-order valence-corrected chi connectivity index (χ3v) is 2.72. The van der Waals surface area contributed by atoms with Gasteiger partial charge in [-0.1, -0.05) is 11.6 Å². The normalized spacial score (nSPS) is 10.7. The van der Waals surface area contributed by atoms with Crippen molar-refractivity contribution in [3.05, 3.63) is 41.2 Å². The van der Waals surface area contributed by atoms with E-state index in [1.165, 1.54) is 0 Å². The summed E-state index contributed by atoms with van der Waals surface area (Å²) in [4.78, 5) is 10.6. The molecule has 0 spiro atoms. The molecule has 1 aromatic heterocycles. The zero-order valence-electron chi connectivity index (χ0n) is 10.1. The first-order valence-electron chi connectivity index (χ1n) is 5.57. The van der Waals surface area contributed by atoms with E-state index in [4.69, 9.17) is 16.3 Å². The highest BCUT2D eigenvalue weighted by atomic mass is 35.5. The Hall–Kier alpha value is -1.81. The molecule has 0 aliphatic rings. The van der Waals surface area contributed by atoms with Gasteiger partial charge in [0.2, 0.25) is 0 Å². The summed E-state index contributed by atoms with van der Waals surface area (Å²) >= 11 is 6.02. The van der Waals surface area contributed by atoms with Crippen molar-refractivity contribution in [2.75, 3.05) is 0 Å². The monoisotopic (exact) mass is 264 g/mol. The number of aromatic nitrogens is 2. The van der Waals surface area contributed by atoms with Crippen molar-refractivity contribution in [3.8, 4) is 11.5 Å². The van der Waals surface area contributed by atoms with E-state index in [1.807, 2.05) is 13.8 Å². The maximum atomic E-state index is 10.6. The van der Waals surface area contributed by atoms with Crippen molar-refractivity contribution in [1.82, 2.24) is 9.78 Å². The molecule has 0 saturated heterocycles. The van der Waals surface area contributed by atoms with Crippen molar-refractivity contribution in [2.24, 2.45) is 0 Å². The molecule has 0 unspecified atom stereocenters. The predicted octanol–water partition coefficient (Wildman–Crippen LogP) is 3.72. The molecule has 94 valence electrons. The van der Waals surface area contributed by atoms with E-state index in [2.05, 4.69) is 5.10 Å². The molecule has 4 nitrogen and oxygen atoms in total. The van der Waals surface area contributed by atoms with Gasteiger partial charge in [0.25, 0.3) is 0 Å². The van der Waals surface area contributed by atoms with Gasteiger partial charge in [0.15, 0.2) is 5.75 Å². The van der Waals surface area contributed by atoms with Crippen molar-refractivity contribution in [1.29, 1.82) is 0 Å². The Morgan fingerprint density at radius 1 is 1.44 bits per heavy atom. The Morgan fingerprint density at radius 2 is 2.22 bits per heavy atom. The van der Waals surface area contributed by atoms with Gasteiger partial charge in [-0.05, 0) is 32.0 Å². The summed E-state index contributed by atoms with van der Waals surface area (Å²) in [6.07, 6.45) is 4.17. The van der Waals surface area contributed by atoms with Gasteiger partial charge in [-0.25, -0.2) is 0 Å². The number of carbonyl (C=O) groups excluding carboxylic acids is 1. The van der Waals surface area contributed by atoms with Gasteiger partial charge < -0.3 is 4.74 Å². The molecule has 0 N–H and O–H groups in total. The van der Waals surface area contributed by atoms with Crippen molar-refractivity contribution >= 4 is 17.9 Å². The van der Waals surface area contributed by atoms with E-state index in [0.29, 0.717) is 22.1 Å². The van der Waals surface area contributed by atoms with Crippen molar-refractivity contribution in [3.63, 3.8) is 0 Å². The van der Waals surface area contributed by atoms with E-state index in [9.17, 15) is 4.79 Å². The minimum atomic E-state index is 0.273. The number of benzene rings is 1. The lowest BCUT2D eigenvalue weighted by molar-refractivity contribution is 0.112. The Balaban J connectivity index is 2.20. The summed E-state index contributed by atoms with van der Waals surface area (Å²) in [5, 5.41) is 4.57. The molecule has 1 heterocycles. The Labute approximate surface area is 110 Å². The number of carbonyl (C=O) groups is 1. The minimum absolute atomic E-state index is 0.273. The molecular formula is C13H13ClN2O2. The number of aldehydes is 1. The fraction of sp³-hybridized carbons (Fsp3) is 0.231. The van der Waals surface area contributed by atoms with E-state index in [-0.39, 0.29) is 6.04 Å². The number of hydrogen-bond donors (Lipinski definition) is 0. The van der Waals surface area contributed by atoms with Crippen LogP contribution in [0, 0.1) is 0 Å². The van der Waals surface area contributed by atoms with Crippen LogP contribution in [0.3, 0.4) is 0 Å². The fourth-order valence-corrected chi connectivity index (χ4v) is 1.68. The lowest BCUT2D eigenvalue weighted by Gasteiger charge is -2.06. The standard InChI is InChI=1S/C13H13ClN2O2/c1-9(2)16-7-11(6-15-16)18-13-4-3-10(8-17)5-12(13)14/h3-9H,1-2H3. The molecule has 0 saturated carbocycles. The van der Waals surface area contributed by atoms with Crippen molar-refractivity contribution < 1.29 is 9.53 Å². The summed E-state index contributed by atoms with van der Waals surface area (Å²) in [5.41, 5.74) is 0.519. The summed E-state index contributed by atoms with van der Waals surface area (Å²) in [5.74, 6) is 1.12. The van der Waals surface area contributed by atoms with Gasteiger partial charge in [0.1, 0.15) is 12.0 Å². The second-order valence-corrected chi connectivity index (χ2v) is 4.57. The molecule has 2 rings (SSSR count). The van der Waals surface area contributed by atoms with E-state index in [1.54, 1.807) is 35.3 Å². The van der Waals surface area contributed by atoms with Crippen LogP contribution in [0.25, 0.3) is 0 Å².